The van der Waals surface area contributed by atoms with Crippen molar-refractivity contribution in [1.29, 1.82) is 0 Å². The first kappa shape index (κ1) is 26.6. The number of nitrogens with zero attached hydrogens (tertiary/aromatic N) is 2. The van der Waals surface area contributed by atoms with Gasteiger partial charge in [0.15, 0.2) is 5.96 Å². The maximum Gasteiger partial charge on any atom is 0.252 e. The van der Waals surface area contributed by atoms with Gasteiger partial charge in [-0.2, -0.15) is 4.31 Å². The van der Waals surface area contributed by atoms with Gasteiger partial charge in [-0.15, -0.1) is 35.3 Å². The van der Waals surface area contributed by atoms with Crippen LogP contribution in [0.1, 0.15) is 39.0 Å². The number of rotatable bonds is 11. The maximum absolute atomic E-state index is 12.5. The average Bonchev–Trinajstić information content (AvgIpc) is 3.37. The van der Waals surface area contributed by atoms with Gasteiger partial charge in [0, 0.05) is 46.9 Å². The zero-order chi connectivity index (χ0) is 20.5. The van der Waals surface area contributed by atoms with E-state index in [0.29, 0.717) is 17.3 Å². The van der Waals surface area contributed by atoms with E-state index in [-0.39, 0.29) is 29.4 Å². The molecule has 1 aromatic rings. The molecule has 0 spiro atoms. The lowest BCUT2D eigenvalue weighted by atomic mass is 9.83. The minimum Gasteiger partial charge on any atom is -0.385 e. The van der Waals surface area contributed by atoms with Gasteiger partial charge in [0.05, 0.1) is 0 Å². The molecule has 7 nitrogen and oxygen atoms in total. The molecular formula is C19H35IN4O3S2. The molecule has 10 heteroatoms. The van der Waals surface area contributed by atoms with Crippen molar-refractivity contribution in [3.05, 3.63) is 17.5 Å². The molecule has 0 amide bonds. The summed E-state index contributed by atoms with van der Waals surface area (Å²) < 4.78 is 32.0. The maximum atomic E-state index is 12.5. The number of nitrogens with one attached hydrogen (secondary N) is 2. The number of aliphatic imine (C=N–C) groups is 1. The number of methoxy groups -OCH3 is 1. The van der Waals surface area contributed by atoms with Crippen molar-refractivity contribution < 1.29 is 13.2 Å². The molecule has 0 bridgehead atoms. The van der Waals surface area contributed by atoms with Crippen molar-refractivity contribution in [3.8, 4) is 0 Å². The Morgan fingerprint density at radius 3 is 2.66 bits per heavy atom. The predicted molar refractivity (Wildman–Crippen MR) is 131 cm³/mol. The fourth-order valence-corrected chi connectivity index (χ4v) is 5.91. The summed E-state index contributed by atoms with van der Waals surface area (Å²) in [4.78, 5) is 4.80. The molecule has 29 heavy (non-hydrogen) atoms. The van der Waals surface area contributed by atoms with Crippen LogP contribution in [-0.2, 0) is 14.8 Å². The summed E-state index contributed by atoms with van der Waals surface area (Å²) in [5.41, 5.74) is 0.234. The summed E-state index contributed by atoms with van der Waals surface area (Å²) in [6.45, 7) is 5.21. The molecule has 0 radical (unpaired) electrons. The van der Waals surface area contributed by atoms with E-state index in [1.54, 1.807) is 31.7 Å². The van der Waals surface area contributed by atoms with Crippen LogP contribution in [0.2, 0.25) is 0 Å². The zero-order valence-electron chi connectivity index (χ0n) is 17.6. The number of thiophene rings is 1. The summed E-state index contributed by atoms with van der Waals surface area (Å²) in [6, 6.07) is 3.39. The number of likely N-dealkylation sites (N-methyl/N-ethyl adjacent to an activating group) is 1. The second-order valence-electron chi connectivity index (χ2n) is 7.33. The van der Waals surface area contributed by atoms with Gasteiger partial charge in [0.25, 0.3) is 10.0 Å². The molecule has 1 aromatic heterocycles. The predicted octanol–water partition coefficient (Wildman–Crippen LogP) is 3.14. The molecule has 0 aliphatic heterocycles. The van der Waals surface area contributed by atoms with E-state index in [2.05, 4.69) is 10.6 Å². The lowest BCUT2D eigenvalue weighted by Crippen LogP contribution is -2.42. The lowest BCUT2D eigenvalue weighted by molar-refractivity contribution is 0.141. The molecule has 1 aliphatic carbocycles. The number of guanidine groups is 1. The summed E-state index contributed by atoms with van der Waals surface area (Å²) in [6.07, 6.45) is 5.94. The smallest absolute Gasteiger partial charge is 0.252 e. The van der Waals surface area contributed by atoms with Crippen molar-refractivity contribution in [1.82, 2.24) is 14.9 Å². The second-order valence-corrected chi connectivity index (χ2v) is 10.5. The van der Waals surface area contributed by atoms with E-state index in [4.69, 9.17) is 9.73 Å². The van der Waals surface area contributed by atoms with Gasteiger partial charge in [-0.3, -0.25) is 4.99 Å². The second kappa shape index (κ2) is 13.1. The van der Waals surface area contributed by atoms with Crippen LogP contribution < -0.4 is 10.6 Å². The number of hydrogen-bond acceptors (Lipinski definition) is 5. The fourth-order valence-electron chi connectivity index (χ4n) is 3.54. The highest BCUT2D eigenvalue weighted by atomic mass is 127. The van der Waals surface area contributed by atoms with Gasteiger partial charge < -0.3 is 15.4 Å². The molecular weight excluding hydrogens is 523 g/mol. The van der Waals surface area contributed by atoms with Gasteiger partial charge in [-0.1, -0.05) is 18.9 Å². The van der Waals surface area contributed by atoms with Gasteiger partial charge >= 0.3 is 0 Å². The molecule has 1 saturated carbocycles. The van der Waals surface area contributed by atoms with Crippen molar-refractivity contribution in [3.63, 3.8) is 0 Å². The van der Waals surface area contributed by atoms with Crippen LogP contribution in [0.5, 0.6) is 0 Å². The van der Waals surface area contributed by atoms with Crippen LogP contribution >= 0.6 is 35.3 Å². The van der Waals surface area contributed by atoms with E-state index in [0.717, 1.165) is 32.1 Å². The lowest BCUT2D eigenvalue weighted by Gasteiger charge is -2.27. The molecule has 1 heterocycles. The van der Waals surface area contributed by atoms with E-state index >= 15 is 0 Å². The SMILES string of the molecule is CCNC(=NCC1(CCOC)CCCC1)NCCN(C)S(=O)(=O)c1cccs1.I. The first-order valence-electron chi connectivity index (χ1n) is 9.94. The Morgan fingerprint density at radius 1 is 1.34 bits per heavy atom. The average molecular weight is 559 g/mol. The van der Waals surface area contributed by atoms with Crippen LogP contribution in [0, 0.1) is 5.41 Å². The van der Waals surface area contributed by atoms with Crippen LogP contribution in [0.15, 0.2) is 26.7 Å². The molecule has 1 aliphatic rings. The highest BCUT2D eigenvalue weighted by Crippen LogP contribution is 2.41. The standard InChI is InChI=1S/C19H34N4O3S2.HI/c1-4-20-18(22-16-19(11-14-26-3)9-5-6-10-19)21-12-13-23(2)28(24,25)17-8-7-15-27-17;/h7-8,15H,4-6,9-14,16H2,1-3H3,(H2,20,21,22);1H. The third-order valence-electron chi connectivity index (χ3n) is 5.30. The van der Waals surface area contributed by atoms with E-state index in [1.165, 1.54) is 41.3 Å². The van der Waals surface area contributed by atoms with E-state index in [1.807, 2.05) is 6.92 Å². The highest BCUT2D eigenvalue weighted by molar-refractivity contribution is 14.0. The molecule has 0 saturated heterocycles. The van der Waals surface area contributed by atoms with E-state index < -0.39 is 10.0 Å². The van der Waals surface area contributed by atoms with Crippen LogP contribution in [-0.4, -0.2) is 65.6 Å². The van der Waals surface area contributed by atoms with Crippen molar-refractivity contribution in [2.24, 2.45) is 10.4 Å². The third kappa shape index (κ3) is 7.97. The zero-order valence-corrected chi connectivity index (χ0v) is 21.6. The minimum atomic E-state index is -3.41. The number of ether oxygens (including phenoxy) is 1. The Bertz CT molecular complexity index is 705. The quantitative estimate of drug-likeness (QED) is 0.248. The summed E-state index contributed by atoms with van der Waals surface area (Å²) in [5.74, 6) is 0.744. The normalized spacial score (nSPS) is 16.6. The molecule has 0 unspecified atom stereocenters. The minimum absolute atomic E-state index is 0. The van der Waals surface area contributed by atoms with Gasteiger partial charge in [0.1, 0.15) is 4.21 Å². The topological polar surface area (TPSA) is 83.0 Å². The molecule has 1 fully saturated rings. The largest absolute Gasteiger partial charge is 0.385 e. The van der Waals surface area contributed by atoms with E-state index in [9.17, 15) is 8.42 Å². The van der Waals surface area contributed by atoms with Crippen molar-refractivity contribution >= 4 is 51.3 Å². The first-order chi connectivity index (χ1) is 13.4. The first-order valence-corrected chi connectivity index (χ1v) is 12.3. The van der Waals surface area contributed by atoms with Crippen molar-refractivity contribution in [2.45, 2.75) is 43.2 Å². The summed E-state index contributed by atoms with van der Waals surface area (Å²) in [5, 5.41) is 8.31. The molecule has 0 aromatic carbocycles. The monoisotopic (exact) mass is 558 g/mol. The Labute approximate surface area is 196 Å². The van der Waals surface area contributed by atoms with Crippen LogP contribution in [0.3, 0.4) is 0 Å². The molecule has 168 valence electrons. The Hall–Kier alpha value is -0.430. The van der Waals surface area contributed by atoms with Gasteiger partial charge in [-0.05, 0) is 43.0 Å². The Balaban J connectivity index is 0.00000420. The molecule has 2 rings (SSSR count). The highest BCUT2D eigenvalue weighted by Gasteiger charge is 2.33. The fraction of sp³-hybridized carbons (Fsp3) is 0.737. The summed E-state index contributed by atoms with van der Waals surface area (Å²) >= 11 is 1.24. The Morgan fingerprint density at radius 2 is 2.07 bits per heavy atom. The van der Waals surface area contributed by atoms with Crippen molar-refractivity contribution in [2.75, 3.05) is 46.9 Å². The van der Waals surface area contributed by atoms with Crippen LogP contribution in [0.4, 0.5) is 0 Å². The molecule has 2 N–H and O–H groups in total. The number of halogens is 1. The van der Waals surface area contributed by atoms with Gasteiger partial charge in [0.2, 0.25) is 0 Å². The third-order valence-corrected chi connectivity index (χ3v) is 8.53. The number of sulfonamides is 1. The summed E-state index contributed by atoms with van der Waals surface area (Å²) in [7, 11) is -0.0552. The van der Waals surface area contributed by atoms with Crippen LogP contribution in [0.25, 0.3) is 0 Å². The Kier molecular flexibility index (Phi) is 12.0. The number of hydrogen-bond donors (Lipinski definition) is 2. The molecule has 0 atom stereocenters. The van der Waals surface area contributed by atoms with Gasteiger partial charge in [-0.25, -0.2) is 8.42 Å².